The highest BCUT2D eigenvalue weighted by molar-refractivity contribution is 5.90. The molecule has 2 aromatic carbocycles. The van der Waals surface area contributed by atoms with Crippen LogP contribution in [0.5, 0.6) is 11.5 Å². The molecule has 4 heteroatoms. The van der Waals surface area contributed by atoms with Crippen LogP contribution in [0.1, 0.15) is 29.8 Å². The first-order valence-electron chi connectivity index (χ1n) is 7.35. The molecule has 0 aliphatic heterocycles. The van der Waals surface area contributed by atoms with E-state index >= 15 is 0 Å². The molecule has 2 aromatic rings. The fraction of sp³-hybridized carbons (Fsp3) is 0.278. The quantitative estimate of drug-likeness (QED) is 0.729. The largest absolute Gasteiger partial charge is 0.490 e. The molecule has 0 amide bonds. The Bertz CT molecular complexity index is 608. The van der Waals surface area contributed by atoms with E-state index in [9.17, 15) is 4.79 Å². The number of ether oxygens (including phenoxy) is 3. The molecule has 0 radical (unpaired) electrons. The summed E-state index contributed by atoms with van der Waals surface area (Å²) in [6.45, 7) is 4.96. The van der Waals surface area contributed by atoms with Crippen LogP contribution in [0.25, 0.3) is 0 Å². The molecule has 0 saturated carbocycles. The van der Waals surface area contributed by atoms with Crippen LogP contribution >= 0.6 is 0 Å². The Balaban J connectivity index is 2.18. The number of hydrogen-bond acceptors (Lipinski definition) is 4. The van der Waals surface area contributed by atoms with Crippen molar-refractivity contribution < 1.29 is 19.0 Å². The van der Waals surface area contributed by atoms with E-state index in [-0.39, 0.29) is 5.97 Å². The second-order valence-corrected chi connectivity index (χ2v) is 4.59. The molecule has 0 bridgehead atoms. The van der Waals surface area contributed by atoms with Crippen molar-refractivity contribution in [3.63, 3.8) is 0 Å². The van der Waals surface area contributed by atoms with Gasteiger partial charge in [0.1, 0.15) is 6.61 Å². The first-order chi connectivity index (χ1) is 10.7. The second kappa shape index (κ2) is 8.08. The first kappa shape index (κ1) is 15.9. The van der Waals surface area contributed by atoms with Crippen LogP contribution in [0.15, 0.2) is 48.5 Å². The van der Waals surface area contributed by atoms with E-state index in [0.717, 1.165) is 5.56 Å². The molecule has 116 valence electrons. The maximum atomic E-state index is 11.8. The zero-order chi connectivity index (χ0) is 15.8. The van der Waals surface area contributed by atoms with Crippen molar-refractivity contribution in [3.8, 4) is 11.5 Å². The van der Waals surface area contributed by atoms with E-state index in [1.54, 1.807) is 25.1 Å². The molecule has 2 rings (SSSR count). The molecule has 0 saturated heterocycles. The number of carbonyl (C=O) groups excluding carboxylic acids is 1. The molecule has 0 aromatic heterocycles. The maximum absolute atomic E-state index is 11.8. The molecule has 0 aliphatic carbocycles. The molecule has 22 heavy (non-hydrogen) atoms. The van der Waals surface area contributed by atoms with Gasteiger partial charge in [-0.1, -0.05) is 30.3 Å². The van der Waals surface area contributed by atoms with E-state index in [4.69, 9.17) is 14.2 Å². The zero-order valence-corrected chi connectivity index (χ0v) is 12.9. The fourth-order valence-electron chi connectivity index (χ4n) is 1.97. The van der Waals surface area contributed by atoms with Crippen molar-refractivity contribution in [2.45, 2.75) is 20.5 Å². The Kier molecular flexibility index (Phi) is 5.83. The van der Waals surface area contributed by atoms with Crippen molar-refractivity contribution in [1.29, 1.82) is 0 Å². The summed E-state index contributed by atoms with van der Waals surface area (Å²) in [5, 5.41) is 0. The molecular formula is C18H20O4. The normalized spacial score (nSPS) is 10.1. The van der Waals surface area contributed by atoms with E-state index in [2.05, 4.69) is 0 Å². The van der Waals surface area contributed by atoms with E-state index in [1.165, 1.54) is 0 Å². The third kappa shape index (κ3) is 4.25. The monoisotopic (exact) mass is 300 g/mol. The van der Waals surface area contributed by atoms with Crippen LogP contribution in [-0.4, -0.2) is 19.2 Å². The minimum absolute atomic E-state index is 0.340. The summed E-state index contributed by atoms with van der Waals surface area (Å²) in [4.78, 5) is 11.8. The molecule has 0 aliphatic rings. The van der Waals surface area contributed by atoms with Crippen LogP contribution in [0.2, 0.25) is 0 Å². The average molecular weight is 300 g/mol. The van der Waals surface area contributed by atoms with Gasteiger partial charge in [-0.3, -0.25) is 0 Å². The standard InChI is InChI=1S/C18H20O4/c1-3-20-16-11-10-15(18(19)21-4-2)12-17(16)22-13-14-8-6-5-7-9-14/h5-12H,3-4,13H2,1-2H3. The molecular weight excluding hydrogens is 280 g/mol. The predicted octanol–water partition coefficient (Wildman–Crippen LogP) is 3.84. The minimum Gasteiger partial charge on any atom is -0.490 e. The van der Waals surface area contributed by atoms with Crippen LogP contribution in [0.4, 0.5) is 0 Å². The van der Waals surface area contributed by atoms with Gasteiger partial charge in [0, 0.05) is 0 Å². The fourth-order valence-corrected chi connectivity index (χ4v) is 1.97. The topological polar surface area (TPSA) is 44.8 Å². The zero-order valence-electron chi connectivity index (χ0n) is 12.9. The minimum atomic E-state index is -0.366. The molecule has 4 nitrogen and oxygen atoms in total. The first-order valence-corrected chi connectivity index (χ1v) is 7.35. The lowest BCUT2D eigenvalue weighted by Gasteiger charge is -2.13. The van der Waals surface area contributed by atoms with Gasteiger partial charge in [-0.15, -0.1) is 0 Å². The summed E-state index contributed by atoms with van der Waals surface area (Å²) in [6, 6.07) is 14.9. The smallest absolute Gasteiger partial charge is 0.338 e. The van der Waals surface area contributed by atoms with Gasteiger partial charge in [-0.25, -0.2) is 4.79 Å². The molecule has 0 fully saturated rings. The van der Waals surface area contributed by atoms with Crippen molar-refractivity contribution in [2.75, 3.05) is 13.2 Å². The van der Waals surface area contributed by atoms with Crippen molar-refractivity contribution in [3.05, 3.63) is 59.7 Å². The predicted molar refractivity (Wildman–Crippen MR) is 84.3 cm³/mol. The molecule has 0 atom stereocenters. The third-order valence-electron chi connectivity index (χ3n) is 2.99. The van der Waals surface area contributed by atoms with Gasteiger partial charge in [0.2, 0.25) is 0 Å². The summed E-state index contributed by atoms with van der Waals surface area (Å²) >= 11 is 0. The highest BCUT2D eigenvalue weighted by atomic mass is 16.5. The highest BCUT2D eigenvalue weighted by Crippen LogP contribution is 2.29. The Morgan fingerprint density at radius 1 is 0.909 bits per heavy atom. The van der Waals surface area contributed by atoms with Crippen molar-refractivity contribution in [1.82, 2.24) is 0 Å². The van der Waals surface area contributed by atoms with E-state index < -0.39 is 0 Å². The van der Waals surface area contributed by atoms with E-state index in [1.807, 2.05) is 37.3 Å². The summed E-state index contributed by atoms with van der Waals surface area (Å²) in [6.07, 6.45) is 0. The maximum Gasteiger partial charge on any atom is 0.338 e. The number of carbonyl (C=O) groups is 1. The number of benzene rings is 2. The van der Waals surface area contributed by atoms with Crippen LogP contribution < -0.4 is 9.47 Å². The van der Waals surface area contributed by atoms with E-state index in [0.29, 0.717) is 36.9 Å². The summed E-state index contributed by atoms with van der Waals surface area (Å²) in [5.41, 5.74) is 1.50. The molecule has 0 N–H and O–H groups in total. The van der Waals surface area contributed by atoms with Crippen molar-refractivity contribution >= 4 is 5.97 Å². The number of esters is 1. The molecule has 0 unspecified atom stereocenters. The lowest BCUT2D eigenvalue weighted by Crippen LogP contribution is -2.06. The number of hydrogen-bond donors (Lipinski definition) is 0. The number of rotatable bonds is 7. The van der Waals surface area contributed by atoms with Gasteiger partial charge < -0.3 is 14.2 Å². The van der Waals surface area contributed by atoms with Gasteiger partial charge in [0.05, 0.1) is 18.8 Å². The van der Waals surface area contributed by atoms with Gasteiger partial charge in [-0.2, -0.15) is 0 Å². The van der Waals surface area contributed by atoms with Gasteiger partial charge in [0.15, 0.2) is 11.5 Å². The summed E-state index contributed by atoms with van der Waals surface area (Å²) in [7, 11) is 0. The molecule has 0 spiro atoms. The summed E-state index contributed by atoms with van der Waals surface area (Å²) < 4.78 is 16.4. The van der Waals surface area contributed by atoms with Gasteiger partial charge in [0.25, 0.3) is 0 Å². The lowest BCUT2D eigenvalue weighted by atomic mass is 10.2. The third-order valence-corrected chi connectivity index (χ3v) is 2.99. The Labute approximate surface area is 130 Å². The Morgan fingerprint density at radius 3 is 2.36 bits per heavy atom. The van der Waals surface area contributed by atoms with Gasteiger partial charge >= 0.3 is 5.97 Å². The Morgan fingerprint density at radius 2 is 1.68 bits per heavy atom. The second-order valence-electron chi connectivity index (χ2n) is 4.59. The van der Waals surface area contributed by atoms with Crippen LogP contribution in [0, 0.1) is 0 Å². The van der Waals surface area contributed by atoms with Gasteiger partial charge in [-0.05, 0) is 37.6 Å². The highest BCUT2D eigenvalue weighted by Gasteiger charge is 2.12. The van der Waals surface area contributed by atoms with Crippen LogP contribution in [0.3, 0.4) is 0 Å². The SMILES string of the molecule is CCOC(=O)c1ccc(OCC)c(OCc2ccccc2)c1. The lowest BCUT2D eigenvalue weighted by molar-refractivity contribution is 0.0525. The summed E-state index contributed by atoms with van der Waals surface area (Å²) in [5.74, 6) is 0.790. The average Bonchev–Trinajstić information content (AvgIpc) is 2.55. The van der Waals surface area contributed by atoms with Crippen molar-refractivity contribution in [2.24, 2.45) is 0 Å². The Hall–Kier alpha value is -2.49. The molecule has 0 heterocycles. The van der Waals surface area contributed by atoms with Crippen LogP contribution in [-0.2, 0) is 11.3 Å².